The van der Waals surface area contributed by atoms with Gasteiger partial charge in [-0.3, -0.25) is 4.79 Å². The van der Waals surface area contributed by atoms with Crippen LogP contribution < -0.4 is 0 Å². The highest BCUT2D eigenvalue weighted by molar-refractivity contribution is 5.71. The molecule has 0 fully saturated rings. The topological polar surface area (TPSA) is 37.3 Å². The zero-order valence-corrected chi connectivity index (χ0v) is 13.0. The number of alkyl halides is 13. The van der Waals surface area contributed by atoms with Gasteiger partial charge in [-0.25, -0.2) is 0 Å². The molecular formula is C12H11F13O2. The number of hydrogen-bond acceptors (Lipinski definition) is 1. The predicted molar refractivity (Wildman–Crippen MR) is 61.4 cm³/mol. The summed E-state index contributed by atoms with van der Waals surface area (Å²) in [7, 11) is 0. The molecule has 0 spiro atoms. The average Bonchev–Trinajstić information content (AvgIpc) is 2.44. The minimum atomic E-state index is -8.03. The predicted octanol–water partition coefficient (Wildman–Crippen LogP) is 5.62. The van der Waals surface area contributed by atoms with E-state index in [0.717, 1.165) is 0 Å². The summed E-state index contributed by atoms with van der Waals surface area (Å²) in [4.78, 5) is 10.7. The van der Waals surface area contributed by atoms with E-state index in [1.54, 1.807) is 0 Å². The Hall–Kier alpha value is -1.44. The van der Waals surface area contributed by atoms with Crippen molar-refractivity contribution in [3.63, 3.8) is 0 Å². The second kappa shape index (κ2) is 7.18. The average molecular weight is 434 g/mol. The molecule has 0 rings (SSSR count). The molecule has 0 radical (unpaired) electrons. The first kappa shape index (κ1) is 25.6. The van der Waals surface area contributed by atoms with Crippen LogP contribution in [-0.2, 0) is 4.79 Å². The minimum absolute atomic E-state index is 0.149. The van der Waals surface area contributed by atoms with E-state index in [0.29, 0.717) is 0 Å². The number of carbonyl (C=O) groups is 1. The summed E-state index contributed by atoms with van der Waals surface area (Å²) in [5.41, 5.74) is 0. The first-order valence-corrected chi connectivity index (χ1v) is 6.83. The van der Waals surface area contributed by atoms with Gasteiger partial charge in [0.25, 0.3) is 0 Å². The SMILES string of the molecule is CCCCC(C(=O)O)C(F)(F)C(F)(F)C(F)(F)C(F)(F)C(F)(F)C(F)(F)F. The van der Waals surface area contributed by atoms with E-state index in [1.165, 1.54) is 6.92 Å². The molecule has 1 N–H and O–H groups in total. The van der Waals surface area contributed by atoms with Gasteiger partial charge in [-0.15, -0.1) is 0 Å². The molecule has 2 nitrogen and oxygen atoms in total. The molecule has 0 aromatic carbocycles. The molecule has 162 valence electrons. The second-order valence-corrected chi connectivity index (χ2v) is 5.45. The van der Waals surface area contributed by atoms with E-state index in [9.17, 15) is 61.9 Å². The molecule has 15 heteroatoms. The Morgan fingerprint density at radius 3 is 1.41 bits per heavy atom. The summed E-state index contributed by atoms with van der Waals surface area (Å²) >= 11 is 0. The molecule has 1 unspecified atom stereocenters. The zero-order valence-electron chi connectivity index (χ0n) is 13.0. The van der Waals surface area contributed by atoms with Gasteiger partial charge in [-0.1, -0.05) is 19.8 Å². The van der Waals surface area contributed by atoms with Crippen LogP contribution in [0.2, 0.25) is 0 Å². The monoisotopic (exact) mass is 434 g/mol. The van der Waals surface area contributed by atoms with Crippen LogP contribution in [0.4, 0.5) is 57.1 Å². The lowest BCUT2D eigenvalue weighted by molar-refractivity contribution is -0.442. The van der Waals surface area contributed by atoms with Gasteiger partial charge in [0, 0.05) is 0 Å². The van der Waals surface area contributed by atoms with Gasteiger partial charge in [0.1, 0.15) is 5.92 Å². The Bertz CT molecular complexity index is 538. The first-order chi connectivity index (χ1) is 11.6. The Morgan fingerprint density at radius 1 is 0.741 bits per heavy atom. The molecule has 0 aromatic rings. The summed E-state index contributed by atoms with van der Waals surface area (Å²) in [5, 5.41) is 8.48. The van der Waals surface area contributed by atoms with Crippen molar-refractivity contribution in [1.82, 2.24) is 0 Å². The zero-order chi connectivity index (χ0) is 22.3. The van der Waals surface area contributed by atoms with Crippen molar-refractivity contribution >= 4 is 5.97 Å². The third kappa shape index (κ3) is 3.77. The number of aliphatic carboxylic acids is 1. The highest BCUT2D eigenvalue weighted by Crippen LogP contribution is 2.61. The van der Waals surface area contributed by atoms with E-state index >= 15 is 0 Å². The number of carboxylic acid groups (broad SMARTS) is 1. The van der Waals surface area contributed by atoms with Gasteiger partial charge in [0.2, 0.25) is 0 Å². The van der Waals surface area contributed by atoms with Crippen LogP contribution in [0.5, 0.6) is 0 Å². The molecule has 0 aliphatic heterocycles. The van der Waals surface area contributed by atoms with Crippen molar-refractivity contribution in [3.8, 4) is 0 Å². The summed E-state index contributed by atoms with van der Waals surface area (Å²) in [6.07, 6.45) is -9.72. The minimum Gasteiger partial charge on any atom is -0.481 e. The highest BCUT2D eigenvalue weighted by atomic mass is 19.4. The smallest absolute Gasteiger partial charge is 0.460 e. The molecular weight excluding hydrogens is 423 g/mol. The van der Waals surface area contributed by atoms with Gasteiger partial charge in [0.15, 0.2) is 0 Å². The van der Waals surface area contributed by atoms with Crippen molar-refractivity contribution in [3.05, 3.63) is 0 Å². The number of carboxylic acids is 1. The van der Waals surface area contributed by atoms with Crippen LogP contribution in [-0.4, -0.2) is 46.9 Å². The van der Waals surface area contributed by atoms with Crippen LogP contribution in [0.25, 0.3) is 0 Å². The van der Waals surface area contributed by atoms with E-state index in [4.69, 9.17) is 5.11 Å². The first-order valence-electron chi connectivity index (χ1n) is 6.83. The molecule has 27 heavy (non-hydrogen) atoms. The molecule has 0 bridgehead atoms. The lowest BCUT2D eigenvalue weighted by Crippen LogP contribution is -2.71. The number of halogens is 13. The summed E-state index contributed by atoms with van der Waals surface area (Å²) < 4.78 is 168. The Morgan fingerprint density at radius 2 is 1.11 bits per heavy atom. The van der Waals surface area contributed by atoms with Gasteiger partial charge >= 0.3 is 41.8 Å². The normalized spacial score (nSPS) is 16.4. The third-order valence-corrected chi connectivity index (χ3v) is 3.54. The quantitative estimate of drug-likeness (QED) is 0.479. The van der Waals surface area contributed by atoms with Crippen molar-refractivity contribution in [2.45, 2.75) is 62.0 Å². The summed E-state index contributed by atoms with van der Waals surface area (Å²) in [5.74, 6) is -44.6. The lowest BCUT2D eigenvalue weighted by atomic mass is 9.85. The van der Waals surface area contributed by atoms with Crippen LogP contribution in [0.15, 0.2) is 0 Å². The largest absolute Gasteiger partial charge is 0.481 e. The van der Waals surface area contributed by atoms with E-state index in [2.05, 4.69) is 0 Å². The maximum absolute atomic E-state index is 13.7. The maximum atomic E-state index is 13.7. The van der Waals surface area contributed by atoms with Gasteiger partial charge in [0.05, 0.1) is 0 Å². The Labute approximate surface area is 142 Å². The fraction of sp³-hybridized carbons (Fsp3) is 0.917. The Kier molecular flexibility index (Phi) is 6.80. The standard InChI is InChI=1S/C12H11F13O2/c1-2-3-4-5(6(26)27)7(13,14)8(15,16)9(17,18)10(19,20)11(21,22)12(23,24)25/h5H,2-4H2,1H3,(H,26,27). The van der Waals surface area contributed by atoms with Crippen LogP contribution >= 0.6 is 0 Å². The number of hydrogen-bond donors (Lipinski definition) is 1. The molecule has 0 aliphatic carbocycles. The van der Waals surface area contributed by atoms with Gasteiger partial charge < -0.3 is 5.11 Å². The molecule has 0 amide bonds. The number of unbranched alkanes of at least 4 members (excludes halogenated alkanes) is 1. The van der Waals surface area contributed by atoms with Crippen molar-refractivity contribution < 1.29 is 67.0 Å². The molecule has 0 heterocycles. The fourth-order valence-corrected chi connectivity index (χ4v) is 1.87. The van der Waals surface area contributed by atoms with Crippen molar-refractivity contribution in [2.24, 2.45) is 5.92 Å². The fourth-order valence-electron chi connectivity index (χ4n) is 1.87. The molecule has 0 saturated heterocycles. The number of rotatable bonds is 9. The molecule has 0 saturated carbocycles. The third-order valence-electron chi connectivity index (χ3n) is 3.54. The molecule has 0 aliphatic rings. The summed E-state index contributed by atoms with van der Waals surface area (Å²) in [6, 6.07) is 0. The van der Waals surface area contributed by atoms with Crippen LogP contribution in [0, 0.1) is 5.92 Å². The van der Waals surface area contributed by atoms with E-state index in [-0.39, 0.29) is 6.42 Å². The Balaban J connectivity index is 6.40. The maximum Gasteiger partial charge on any atom is 0.460 e. The lowest BCUT2D eigenvalue weighted by Gasteiger charge is -2.41. The highest BCUT2D eigenvalue weighted by Gasteiger charge is 2.91. The van der Waals surface area contributed by atoms with Crippen molar-refractivity contribution in [2.75, 3.05) is 0 Å². The van der Waals surface area contributed by atoms with Crippen LogP contribution in [0.3, 0.4) is 0 Å². The van der Waals surface area contributed by atoms with Gasteiger partial charge in [-0.2, -0.15) is 57.1 Å². The molecule has 0 aromatic heterocycles. The van der Waals surface area contributed by atoms with Crippen molar-refractivity contribution in [1.29, 1.82) is 0 Å². The van der Waals surface area contributed by atoms with E-state index in [1.807, 2.05) is 0 Å². The molecule has 1 atom stereocenters. The second-order valence-electron chi connectivity index (χ2n) is 5.45. The summed E-state index contributed by atoms with van der Waals surface area (Å²) in [6.45, 7) is 1.21. The van der Waals surface area contributed by atoms with Crippen LogP contribution in [0.1, 0.15) is 26.2 Å². The van der Waals surface area contributed by atoms with Gasteiger partial charge in [-0.05, 0) is 6.42 Å². The van der Waals surface area contributed by atoms with E-state index < -0.39 is 60.5 Å².